The highest BCUT2D eigenvalue weighted by molar-refractivity contribution is 5.71. The Morgan fingerprint density at radius 2 is 0.586 bits per heavy atom. The van der Waals surface area contributed by atoms with Crippen LogP contribution in [0.4, 0.5) is 0 Å². The van der Waals surface area contributed by atoms with E-state index < -0.39 is 6.10 Å². The number of rotatable bonds is 53. The second-order valence-electron chi connectivity index (χ2n) is 19.5. The van der Waals surface area contributed by atoms with E-state index in [1.807, 2.05) is 0 Å². The normalized spacial score (nSPS) is 12.7. The van der Waals surface area contributed by atoms with E-state index in [4.69, 9.17) is 14.2 Å². The number of carbonyl (C=O) groups excluding carboxylic acids is 3. The maximum absolute atomic E-state index is 12.8. The van der Waals surface area contributed by atoms with Crippen molar-refractivity contribution in [2.75, 3.05) is 13.2 Å². The predicted molar refractivity (Wildman–Crippen MR) is 302 cm³/mol. The van der Waals surface area contributed by atoms with Crippen molar-refractivity contribution in [2.24, 2.45) is 0 Å². The van der Waals surface area contributed by atoms with Crippen molar-refractivity contribution in [3.8, 4) is 0 Å². The third-order valence-corrected chi connectivity index (χ3v) is 12.6. The van der Waals surface area contributed by atoms with Gasteiger partial charge in [0.2, 0.25) is 0 Å². The lowest BCUT2D eigenvalue weighted by Crippen LogP contribution is -2.30. The van der Waals surface area contributed by atoms with Crippen molar-refractivity contribution in [3.05, 3.63) is 85.1 Å². The Morgan fingerprint density at radius 1 is 0.300 bits per heavy atom. The smallest absolute Gasteiger partial charge is 0.306 e. The molecule has 0 rings (SSSR count). The van der Waals surface area contributed by atoms with Gasteiger partial charge in [-0.2, -0.15) is 0 Å². The molecule has 0 fully saturated rings. The predicted octanol–water partition coefficient (Wildman–Crippen LogP) is 19.9. The van der Waals surface area contributed by atoms with Gasteiger partial charge in [-0.3, -0.25) is 14.4 Å². The van der Waals surface area contributed by atoms with Gasteiger partial charge in [-0.1, -0.05) is 241 Å². The fourth-order valence-corrected chi connectivity index (χ4v) is 8.17. The molecule has 1 unspecified atom stereocenters. The second kappa shape index (κ2) is 58.2. The molecule has 70 heavy (non-hydrogen) atoms. The zero-order chi connectivity index (χ0) is 50.7. The minimum atomic E-state index is -0.784. The Balaban J connectivity index is 4.28. The molecule has 0 bridgehead atoms. The fourth-order valence-electron chi connectivity index (χ4n) is 8.17. The van der Waals surface area contributed by atoms with Crippen LogP contribution < -0.4 is 0 Å². The first-order valence-corrected chi connectivity index (χ1v) is 29.6. The lowest BCUT2D eigenvalue weighted by Gasteiger charge is -2.18. The maximum Gasteiger partial charge on any atom is 0.306 e. The summed E-state index contributed by atoms with van der Waals surface area (Å²) >= 11 is 0. The van der Waals surface area contributed by atoms with Crippen LogP contribution >= 0.6 is 0 Å². The summed E-state index contributed by atoms with van der Waals surface area (Å²) in [7, 11) is 0. The zero-order valence-corrected chi connectivity index (χ0v) is 46.0. The molecule has 0 aliphatic heterocycles. The number of unbranched alkanes of at least 4 members (excludes halogenated alkanes) is 28. The van der Waals surface area contributed by atoms with Crippen LogP contribution in [-0.2, 0) is 28.6 Å². The monoisotopic (exact) mass is 975 g/mol. The Kier molecular flexibility index (Phi) is 55.3. The highest BCUT2D eigenvalue weighted by Crippen LogP contribution is 2.15. The van der Waals surface area contributed by atoms with Gasteiger partial charge in [0.25, 0.3) is 0 Å². The van der Waals surface area contributed by atoms with Crippen LogP contribution in [0.15, 0.2) is 85.1 Å². The van der Waals surface area contributed by atoms with Gasteiger partial charge in [0, 0.05) is 19.3 Å². The molecular formula is C64H110O6. The SMILES string of the molecule is CC/C=C\C/C=C\C/C=C\C/C=C\C/C=C\CCCCCCCCCCCC(=O)OCC(COC(=O)CCCCCCC/C=C\CCC)OC(=O)CCCCCCCCC/C=C\CCCCCCCC. The first-order valence-electron chi connectivity index (χ1n) is 29.6. The number of hydrogen-bond acceptors (Lipinski definition) is 6. The van der Waals surface area contributed by atoms with Crippen LogP contribution in [0.25, 0.3) is 0 Å². The molecule has 0 aromatic rings. The molecule has 0 aromatic carbocycles. The van der Waals surface area contributed by atoms with Gasteiger partial charge in [0.15, 0.2) is 6.10 Å². The maximum atomic E-state index is 12.8. The van der Waals surface area contributed by atoms with E-state index in [-0.39, 0.29) is 31.1 Å². The topological polar surface area (TPSA) is 78.9 Å². The molecule has 0 aliphatic carbocycles. The molecule has 0 saturated heterocycles. The summed E-state index contributed by atoms with van der Waals surface area (Å²) in [5.74, 6) is -0.898. The molecule has 0 aliphatic rings. The van der Waals surface area contributed by atoms with Crippen molar-refractivity contribution >= 4 is 17.9 Å². The summed E-state index contributed by atoms with van der Waals surface area (Å²) in [6, 6.07) is 0. The molecule has 1 atom stereocenters. The molecule has 6 nitrogen and oxygen atoms in total. The number of carbonyl (C=O) groups is 3. The number of ether oxygens (including phenoxy) is 3. The highest BCUT2D eigenvalue weighted by atomic mass is 16.6. The van der Waals surface area contributed by atoms with Crippen LogP contribution in [0.5, 0.6) is 0 Å². The van der Waals surface area contributed by atoms with Gasteiger partial charge in [0.05, 0.1) is 0 Å². The van der Waals surface area contributed by atoms with E-state index in [0.717, 1.165) is 109 Å². The quantitative estimate of drug-likeness (QED) is 0.0261. The Morgan fingerprint density at radius 3 is 0.943 bits per heavy atom. The van der Waals surface area contributed by atoms with Crippen LogP contribution in [0, 0.1) is 0 Å². The molecule has 0 saturated carbocycles. The van der Waals surface area contributed by atoms with Crippen LogP contribution in [-0.4, -0.2) is 37.2 Å². The molecule has 0 aromatic heterocycles. The number of hydrogen-bond donors (Lipinski definition) is 0. The van der Waals surface area contributed by atoms with Gasteiger partial charge in [-0.05, 0) is 109 Å². The summed E-state index contributed by atoms with van der Waals surface area (Å²) in [5, 5.41) is 0. The van der Waals surface area contributed by atoms with Gasteiger partial charge < -0.3 is 14.2 Å². The number of allylic oxidation sites excluding steroid dienone is 14. The van der Waals surface area contributed by atoms with Crippen molar-refractivity contribution < 1.29 is 28.6 Å². The summed E-state index contributed by atoms with van der Waals surface area (Å²) in [6.07, 6.45) is 75.8. The van der Waals surface area contributed by atoms with E-state index in [1.54, 1.807) is 0 Å². The fraction of sp³-hybridized carbons (Fsp3) is 0.734. The van der Waals surface area contributed by atoms with Crippen molar-refractivity contribution in [1.29, 1.82) is 0 Å². The van der Waals surface area contributed by atoms with Crippen molar-refractivity contribution in [2.45, 2.75) is 290 Å². The molecule has 0 amide bonds. The Hall–Kier alpha value is -3.41. The third kappa shape index (κ3) is 55.5. The van der Waals surface area contributed by atoms with Gasteiger partial charge >= 0.3 is 17.9 Å². The van der Waals surface area contributed by atoms with E-state index >= 15 is 0 Å². The highest BCUT2D eigenvalue weighted by Gasteiger charge is 2.19. The molecule has 402 valence electrons. The molecular weight excluding hydrogens is 865 g/mol. The van der Waals surface area contributed by atoms with Crippen molar-refractivity contribution in [3.63, 3.8) is 0 Å². The van der Waals surface area contributed by atoms with Crippen LogP contribution in [0.1, 0.15) is 284 Å². The summed E-state index contributed by atoms with van der Waals surface area (Å²) in [4.78, 5) is 38.1. The standard InChI is InChI=1S/C64H110O6/c1-4-7-10-13-16-19-22-24-26-28-29-30-31-32-33-34-35-37-38-40-42-45-48-51-54-57-63(66)69-60-61(59-68-62(65)56-53-50-47-44-21-18-15-12-9-6-3)70-64(67)58-55-52-49-46-43-41-39-36-27-25-23-20-17-14-11-8-5-2/h7,10,12,15-16,19,24-27,29-30,32-33,61H,4-6,8-9,11,13-14,17-18,20-23,28,31,34-60H2,1-3H3/b10-7-,15-12-,19-16-,26-24-,27-25-,30-29-,33-32-. The van der Waals surface area contributed by atoms with Crippen LogP contribution in [0.3, 0.4) is 0 Å². The van der Waals surface area contributed by atoms with Crippen molar-refractivity contribution in [1.82, 2.24) is 0 Å². The lowest BCUT2D eigenvalue weighted by molar-refractivity contribution is -0.167. The first kappa shape index (κ1) is 66.6. The zero-order valence-electron chi connectivity index (χ0n) is 46.0. The van der Waals surface area contributed by atoms with E-state index in [0.29, 0.717) is 19.3 Å². The molecule has 0 N–H and O–H groups in total. The average molecular weight is 976 g/mol. The third-order valence-electron chi connectivity index (χ3n) is 12.6. The van der Waals surface area contributed by atoms with Crippen LogP contribution in [0.2, 0.25) is 0 Å². The second-order valence-corrected chi connectivity index (χ2v) is 19.5. The lowest BCUT2D eigenvalue weighted by atomic mass is 10.1. The van der Waals surface area contributed by atoms with Gasteiger partial charge in [-0.15, -0.1) is 0 Å². The van der Waals surface area contributed by atoms with E-state index in [9.17, 15) is 14.4 Å². The summed E-state index contributed by atoms with van der Waals surface area (Å²) in [6.45, 7) is 6.46. The first-order chi connectivity index (χ1) is 34.5. The van der Waals surface area contributed by atoms with Gasteiger partial charge in [0.1, 0.15) is 13.2 Å². The number of esters is 3. The largest absolute Gasteiger partial charge is 0.462 e. The van der Waals surface area contributed by atoms with E-state index in [1.165, 1.54) is 135 Å². The Bertz CT molecular complexity index is 1350. The molecule has 0 spiro atoms. The average Bonchev–Trinajstić information content (AvgIpc) is 3.36. The minimum absolute atomic E-state index is 0.0835. The van der Waals surface area contributed by atoms with E-state index in [2.05, 4.69) is 106 Å². The summed E-state index contributed by atoms with van der Waals surface area (Å²) < 4.78 is 16.8. The Labute approximate surface area is 433 Å². The molecule has 6 heteroatoms. The molecule has 0 heterocycles. The van der Waals surface area contributed by atoms with Gasteiger partial charge in [-0.25, -0.2) is 0 Å². The molecule has 0 radical (unpaired) electrons. The minimum Gasteiger partial charge on any atom is -0.462 e. The summed E-state index contributed by atoms with van der Waals surface area (Å²) in [5.41, 5.74) is 0.